The van der Waals surface area contributed by atoms with Gasteiger partial charge in [0.25, 0.3) is 5.91 Å². The van der Waals surface area contributed by atoms with Gasteiger partial charge in [0.1, 0.15) is 5.75 Å². The lowest BCUT2D eigenvalue weighted by Crippen LogP contribution is -2.31. The quantitative estimate of drug-likeness (QED) is 0.768. The Bertz CT molecular complexity index is 730. The van der Waals surface area contributed by atoms with Gasteiger partial charge in [-0.3, -0.25) is 9.59 Å². The third-order valence-corrected chi connectivity index (χ3v) is 3.96. The summed E-state index contributed by atoms with van der Waals surface area (Å²) >= 11 is 6.12. The minimum atomic E-state index is -0.304. The van der Waals surface area contributed by atoms with Gasteiger partial charge in [-0.05, 0) is 36.2 Å². The number of carbonyl (C=O) groups excluding carboxylic acids is 2. The highest BCUT2D eigenvalue weighted by molar-refractivity contribution is 6.31. The van der Waals surface area contributed by atoms with Crippen LogP contribution in [0.25, 0.3) is 0 Å². The van der Waals surface area contributed by atoms with Crippen molar-refractivity contribution in [2.75, 3.05) is 13.7 Å². The molecule has 1 atom stereocenters. The fraction of sp³-hybridized carbons (Fsp3) is 0.263. The zero-order valence-corrected chi connectivity index (χ0v) is 14.9. The van der Waals surface area contributed by atoms with Gasteiger partial charge < -0.3 is 14.8 Å². The largest absolute Gasteiger partial charge is 0.484 e. The molecule has 2 aromatic carbocycles. The van der Waals surface area contributed by atoms with E-state index in [0.717, 1.165) is 11.1 Å². The average Bonchev–Trinajstić information content (AvgIpc) is 2.61. The minimum Gasteiger partial charge on any atom is -0.484 e. The van der Waals surface area contributed by atoms with Gasteiger partial charge in [0.2, 0.25) is 0 Å². The number of amides is 1. The number of ether oxygens (including phenoxy) is 2. The Morgan fingerprint density at radius 3 is 2.44 bits per heavy atom. The molecule has 0 saturated heterocycles. The molecule has 0 aliphatic heterocycles. The third kappa shape index (κ3) is 5.80. The van der Waals surface area contributed by atoms with E-state index in [1.54, 1.807) is 30.3 Å². The summed E-state index contributed by atoms with van der Waals surface area (Å²) in [5.74, 6) is 0.00169. The molecular formula is C19H20ClNO4. The van der Waals surface area contributed by atoms with E-state index in [1.165, 1.54) is 7.11 Å². The van der Waals surface area contributed by atoms with Crippen LogP contribution in [0.3, 0.4) is 0 Å². The molecule has 132 valence electrons. The molecule has 0 spiro atoms. The van der Waals surface area contributed by atoms with E-state index in [9.17, 15) is 9.59 Å². The Labute approximate surface area is 151 Å². The first-order chi connectivity index (χ1) is 12.0. The molecule has 1 N–H and O–H groups in total. The molecular weight excluding hydrogens is 342 g/mol. The molecule has 2 aromatic rings. The van der Waals surface area contributed by atoms with Crippen molar-refractivity contribution < 1.29 is 19.1 Å². The number of halogens is 1. The van der Waals surface area contributed by atoms with Crippen LogP contribution in [0.4, 0.5) is 0 Å². The van der Waals surface area contributed by atoms with Crippen molar-refractivity contribution in [3.63, 3.8) is 0 Å². The van der Waals surface area contributed by atoms with Crippen LogP contribution in [0.5, 0.6) is 5.75 Å². The fourth-order valence-electron chi connectivity index (χ4n) is 2.28. The monoisotopic (exact) mass is 361 g/mol. The first-order valence-electron chi connectivity index (χ1n) is 7.82. The second-order valence-corrected chi connectivity index (χ2v) is 5.90. The SMILES string of the molecule is COC(=O)Cc1ccc(OCC(=O)NC(C)c2ccccc2Cl)cc1. The van der Waals surface area contributed by atoms with E-state index in [2.05, 4.69) is 10.1 Å². The number of carbonyl (C=O) groups is 2. The predicted molar refractivity (Wildman–Crippen MR) is 95.7 cm³/mol. The van der Waals surface area contributed by atoms with Crippen molar-refractivity contribution in [1.29, 1.82) is 0 Å². The summed E-state index contributed by atoms with van der Waals surface area (Å²) in [7, 11) is 1.35. The standard InChI is InChI=1S/C19H20ClNO4/c1-13(16-5-3-4-6-17(16)20)21-18(22)12-25-15-9-7-14(8-10-15)11-19(23)24-2/h3-10,13H,11-12H2,1-2H3,(H,21,22). The van der Waals surface area contributed by atoms with Crippen molar-refractivity contribution in [2.45, 2.75) is 19.4 Å². The van der Waals surface area contributed by atoms with Crippen molar-refractivity contribution in [2.24, 2.45) is 0 Å². The third-order valence-electron chi connectivity index (χ3n) is 3.62. The van der Waals surface area contributed by atoms with E-state index < -0.39 is 0 Å². The second-order valence-electron chi connectivity index (χ2n) is 5.50. The summed E-state index contributed by atoms with van der Waals surface area (Å²) in [5, 5.41) is 3.45. The summed E-state index contributed by atoms with van der Waals surface area (Å²) in [6, 6.07) is 14.1. The van der Waals surface area contributed by atoms with Crippen LogP contribution in [0.1, 0.15) is 24.1 Å². The van der Waals surface area contributed by atoms with Gasteiger partial charge in [0.05, 0.1) is 19.6 Å². The maximum Gasteiger partial charge on any atom is 0.309 e. The zero-order chi connectivity index (χ0) is 18.2. The Hall–Kier alpha value is -2.53. The lowest BCUT2D eigenvalue weighted by Gasteiger charge is -2.16. The Morgan fingerprint density at radius 1 is 1.12 bits per heavy atom. The molecule has 0 radical (unpaired) electrons. The van der Waals surface area contributed by atoms with Crippen molar-refractivity contribution in [1.82, 2.24) is 5.32 Å². The topological polar surface area (TPSA) is 64.6 Å². The average molecular weight is 362 g/mol. The van der Waals surface area contributed by atoms with Gasteiger partial charge in [-0.1, -0.05) is 41.9 Å². The first kappa shape index (κ1) is 18.8. The number of methoxy groups -OCH3 is 1. The fourth-order valence-corrected chi connectivity index (χ4v) is 2.58. The van der Waals surface area contributed by atoms with Gasteiger partial charge >= 0.3 is 5.97 Å². The molecule has 25 heavy (non-hydrogen) atoms. The molecule has 0 heterocycles. The normalized spacial score (nSPS) is 11.5. The van der Waals surface area contributed by atoms with Gasteiger partial charge in [-0.15, -0.1) is 0 Å². The molecule has 5 nitrogen and oxygen atoms in total. The molecule has 0 aromatic heterocycles. The van der Waals surface area contributed by atoms with Gasteiger partial charge in [-0.2, -0.15) is 0 Å². The summed E-state index contributed by atoms with van der Waals surface area (Å²) in [5.41, 5.74) is 1.67. The zero-order valence-electron chi connectivity index (χ0n) is 14.1. The first-order valence-corrected chi connectivity index (χ1v) is 8.19. The Kier molecular flexibility index (Phi) is 6.83. The maximum absolute atomic E-state index is 12.0. The number of hydrogen-bond donors (Lipinski definition) is 1. The molecule has 6 heteroatoms. The van der Waals surface area contributed by atoms with E-state index in [4.69, 9.17) is 16.3 Å². The number of nitrogens with one attached hydrogen (secondary N) is 1. The van der Waals surface area contributed by atoms with Crippen LogP contribution < -0.4 is 10.1 Å². The maximum atomic E-state index is 12.0. The lowest BCUT2D eigenvalue weighted by molar-refractivity contribution is -0.139. The van der Waals surface area contributed by atoms with Crippen LogP contribution >= 0.6 is 11.6 Å². The van der Waals surface area contributed by atoms with E-state index in [-0.39, 0.29) is 30.9 Å². The van der Waals surface area contributed by atoms with E-state index >= 15 is 0 Å². The summed E-state index contributed by atoms with van der Waals surface area (Å²) in [4.78, 5) is 23.2. The number of hydrogen-bond acceptors (Lipinski definition) is 4. The second kappa shape index (κ2) is 9.08. The lowest BCUT2D eigenvalue weighted by atomic mass is 10.1. The van der Waals surface area contributed by atoms with Crippen LogP contribution in [-0.2, 0) is 20.7 Å². The van der Waals surface area contributed by atoms with Gasteiger partial charge in [0, 0.05) is 5.02 Å². The Morgan fingerprint density at radius 2 is 1.80 bits per heavy atom. The smallest absolute Gasteiger partial charge is 0.309 e. The minimum absolute atomic E-state index is 0.106. The highest BCUT2D eigenvalue weighted by Crippen LogP contribution is 2.22. The highest BCUT2D eigenvalue weighted by Gasteiger charge is 2.12. The Balaban J connectivity index is 1.83. The van der Waals surface area contributed by atoms with E-state index in [0.29, 0.717) is 10.8 Å². The number of benzene rings is 2. The predicted octanol–water partition coefficient (Wildman–Crippen LogP) is 3.31. The molecule has 0 aliphatic rings. The molecule has 1 unspecified atom stereocenters. The van der Waals surface area contributed by atoms with Crippen molar-refractivity contribution in [3.05, 3.63) is 64.7 Å². The van der Waals surface area contributed by atoms with E-state index in [1.807, 2.05) is 25.1 Å². The van der Waals surface area contributed by atoms with Gasteiger partial charge in [-0.25, -0.2) is 0 Å². The van der Waals surface area contributed by atoms with Crippen molar-refractivity contribution >= 4 is 23.5 Å². The molecule has 0 fully saturated rings. The number of esters is 1. The molecule has 0 bridgehead atoms. The molecule has 0 saturated carbocycles. The van der Waals surface area contributed by atoms with Crippen LogP contribution in [0.15, 0.2) is 48.5 Å². The van der Waals surface area contributed by atoms with Crippen LogP contribution in [0.2, 0.25) is 5.02 Å². The van der Waals surface area contributed by atoms with Crippen LogP contribution in [0, 0.1) is 0 Å². The van der Waals surface area contributed by atoms with Crippen LogP contribution in [-0.4, -0.2) is 25.6 Å². The van der Waals surface area contributed by atoms with Crippen molar-refractivity contribution in [3.8, 4) is 5.75 Å². The summed E-state index contributed by atoms with van der Waals surface area (Å²) < 4.78 is 10.1. The summed E-state index contributed by atoms with van der Waals surface area (Å²) in [6.07, 6.45) is 0.201. The molecule has 2 rings (SSSR count). The summed E-state index contributed by atoms with van der Waals surface area (Å²) in [6.45, 7) is 1.76. The molecule has 0 aliphatic carbocycles. The van der Waals surface area contributed by atoms with Gasteiger partial charge in [0.15, 0.2) is 6.61 Å². The number of rotatable bonds is 7. The molecule has 1 amide bonds. The highest BCUT2D eigenvalue weighted by atomic mass is 35.5.